The van der Waals surface area contributed by atoms with Gasteiger partial charge < -0.3 is 10.1 Å². The summed E-state index contributed by atoms with van der Waals surface area (Å²) in [5.74, 6) is -0.112. The molecular formula is C20H21N3O5S2. The number of carbonyl (C=O) groups excluding carboxylic acids is 2. The third-order valence-corrected chi connectivity index (χ3v) is 6.87. The number of rotatable bonds is 7. The van der Waals surface area contributed by atoms with E-state index in [0.29, 0.717) is 11.4 Å². The number of hydrogen-bond donors (Lipinski definition) is 1. The molecule has 1 atom stereocenters. The number of amidine groups is 1. The number of methoxy groups -OCH3 is 1. The Kier molecular flexibility index (Phi) is 6.78. The van der Waals surface area contributed by atoms with E-state index < -0.39 is 15.3 Å². The van der Waals surface area contributed by atoms with E-state index in [1.54, 1.807) is 49.4 Å². The Morgan fingerprint density at radius 2 is 1.93 bits per heavy atom. The summed E-state index contributed by atoms with van der Waals surface area (Å²) in [6.07, 6.45) is -0.110. The van der Waals surface area contributed by atoms with Gasteiger partial charge in [0.1, 0.15) is 11.0 Å². The average molecular weight is 448 g/mol. The fourth-order valence-electron chi connectivity index (χ4n) is 2.83. The van der Waals surface area contributed by atoms with Gasteiger partial charge in [0.05, 0.1) is 12.0 Å². The van der Waals surface area contributed by atoms with Crippen LogP contribution in [0.2, 0.25) is 0 Å². The minimum Gasteiger partial charge on any atom is -0.497 e. The Labute approximate surface area is 179 Å². The molecule has 30 heavy (non-hydrogen) atoms. The van der Waals surface area contributed by atoms with E-state index in [0.717, 1.165) is 11.8 Å². The molecule has 1 heterocycles. The number of thioether (sulfide) groups is 1. The lowest BCUT2D eigenvalue weighted by Crippen LogP contribution is -2.33. The molecule has 0 radical (unpaired) electrons. The number of nitrogens with zero attached hydrogens (tertiary/aromatic N) is 2. The van der Waals surface area contributed by atoms with Gasteiger partial charge in [-0.25, -0.2) is 0 Å². The molecule has 0 bridgehead atoms. The van der Waals surface area contributed by atoms with Crippen molar-refractivity contribution >= 4 is 44.5 Å². The number of carbonyl (C=O) groups is 2. The summed E-state index contributed by atoms with van der Waals surface area (Å²) in [6.45, 7) is 1.98. The Morgan fingerprint density at radius 3 is 2.60 bits per heavy atom. The van der Waals surface area contributed by atoms with Crippen LogP contribution in [0, 0.1) is 0 Å². The van der Waals surface area contributed by atoms with E-state index in [9.17, 15) is 18.0 Å². The van der Waals surface area contributed by atoms with Crippen molar-refractivity contribution in [3.8, 4) is 5.75 Å². The quantitative estimate of drug-likeness (QED) is 0.700. The van der Waals surface area contributed by atoms with Crippen molar-refractivity contribution in [3.05, 3.63) is 54.6 Å². The number of amides is 2. The summed E-state index contributed by atoms with van der Waals surface area (Å²) in [4.78, 5) is 26.4. The van der Waals surface area contributed by atoms with Gasteiger partial charge in [-0.05, 0) is 31.2 Å². The molecule has 1 N–H and O–H groups in total. The molecule has 8 nitrogen and oxygen atoms in total. The van der Waals surface area contributed by atoms with Crippen LogP contribution in [0.4, 0.5) is 5.69 Å². The summed E-state index contributed by atoms with van der Waals surface area (Å²) in [5, 5.41) is 2.05. The smallest absolute Gasteiger partial charge is 0.284 e. The van der Waals surface area contributed by atoms with Crippen LogP contribution in [-0.4, -0.2) is 49.2 Å². The molecule has 2 aromatic carbocycles. The van der Waals surface area contributed by atoms with E-state index in [2.05, 4.69) is 9.71 Å². The molecule has 1 aliphatic rings. The van der Waals surface area contributed by atoms with E-state index in [1.807, 2.05) is 0 Å². The van der Waals surface area contributed by atoms with Gasteiger partial charge >= 0.3 is 0 Å². The van der Waals surface area contributed by atoms with Crippen molar-refractivity contribution in [1.82, 2.24) is 4.90 Å². The fraction of sp³-hybridized carbons (Fsp3) is 0.250. The normalized spacial score (nSPS) is 17.9. The zero-order valence-electron chi connectivity index (χ0n) is 16.4. The van der Waals surface area contributed by atoms with Crippen molar-refractivity contribution in [1.29, 1.82) is 0 Å². The maximum Gasteiger partial charge on any atom is 0.284 e. The monoisotopic (exact) mass is 447 g/mol. The maximum absolute atomic E-state index is 12.7. The Morgan fingerprint density at radius 1 is 1.20 bits per heavy atom. The number of benzene rings is 2. The van der Waals surface area contributed by atoms with Crippen LogP contribution in [0.25, 0.3) is 0 Å². The Balaban J connectivity index is 1.74. The van der Waals surface area contributed by atoms with Crippen LogP contribution in [-0.2, 0) is 19.6 Å². The van der Waals surface area contributed by atoms with Crippen LogP contribution in [0.1, 0.15) is 13.3 Å². The molecule has 1 fully saturated rings. The molecule has 0 unspecified atom stereocenters. The molecule has 2 amide bonds. The molecule has 0 aromatic heterocycles. The summed E-state index contributed by atoms with van der Waals surface area (Å²) in [6, 6.07) is 14.7. The summed E-state index contributed by atoms with van der Waals surface area (Å²) in [7, 11) is -2.43. The molecule has 3 rings (SSSR count). The predicted octanol–water partition coefficient (Wildman–Crippen LogP) is 2.73. The first-order valence-corrected chi connectivity index (χ1v) is 11.5. The second kappa shape index (κ2) is 9.31. The molecule has 0 spiro atoms. The van der Waals surface area contributed by atoms with Crippen LogP contribution < -0.4 is 10.1 Å². The highest BCUT2D eigenvalue weighted by Crippen LogP contribution is 2.31. The van der Waals surface area contributed by atoms with Gasteiger partial charge in [0.2, 0.25) is 11.8 Å². The molecule has 0 saturated carbocycles. The molecule has 10 heteroatoms. The Hall–Kier alpha value is -2.85. The molecule has 1 saturated heterocycles. The second-order valence-corrected chi connectivity index (χ2v) is 9.11. The van der Waals surface area contributed by atoms with Crippen LogP contribution in [0.3, 0.4) is 0 Å². The van der Waals surface area contributed by atoms with Crippen LogP contribution >= 0.6 is 11.8 Å². The largest absolute Gasteiger partial charge is 0.497 e. The number of sulfonamides is 1. The van der Waals surface area contributed by atoms with Gasteiger partial charge in [-0.1, -0.05) is 36.0 Å². The first-order valence-electron chi connectivity index (χ1n) is 9.16. The number of ether oxygens (including phenoxy) is 1. The first kappa shape index (κ1) is 21.8. The van der Waals surface area contributed by atoms with Gasteiger partial charge in [0.25, 0.3) is 10.0 Å². The maximum atomic E-state index is 12.7. The zero-order valence-corrected chi connectivity index (χ0v) is 18.1. The third-order valence-electron chi connectivity index (χ3n) is 4.30. The average Bonchev–Trinajstić information content (AvgIpc) is 3.01. The highest BCUT2D eigenvalue weighted by molar-refractivity contribution is 8.16. The molecule has 0 aliphatic carbocycles. The lowest BCUT2D eigenvalue weighted by Gasteiger charge is -2.13. The van der Waals surface area contributed by atoms with Crippen LogP contribution in [0.15, 0.2) is 63.9 Å². The molecule has 158 valence electrons. The van der Waals surface area contributed by atoms with Gasteiger partial charge in [-0.3, -0.25) is 14.5 Å². The predicted molar refractivity (Wildman–Crippen MR) is 116 cm³/mol. The first-order chi connectivity index (χ1) is 14.3. The van der Waals surface area contributed by atoms with Crippen molar-refractivity contribution < 1.29 is 22.7 Å². The van der Waals surface area contributed by atoms with E-state index in [-0.39, 0.29) is 34.8 Å². The number of anilines is 1. The Bertz CT molecular complexity index is 1070. The molecule has 1 aliphatic heterocycles. The summed E-state index contributed by atoms with van der Waals surface area (Å²) in [5.41, 5.74) is 0.544. The third kappa shape index (κ3) is 5.00. The van der Waals surface area contributed by atoms with Gasteiger partial charge in [0.15, 0.2) is 5.17 Å². The standard InChI is InChI=1S/C20H21N3O5S2/c1-3-23-19(25)17(13-18(24)21-14-8-7-9-15(12-14)28-2)29-20(23)22-30(26,27)16-10-5-4-6-11-16/h4-12,17H,3,13H2,1-2H3,(H,21,24)/t17-/m1/s1. The van der Waals surface area contributed by atoms with E-state index in [1.165, 1.54) is 24.1 Å². The fourth-order valence-corrected chi connectivity index (χ4v) is 5.27. The number of nitrogens with one attached hydrogen (secondary N) is 1. The lowest BCUT2D eigenvalue weighted by molar-refractivity contribution is -0.128. The SMILES string of the molecule is CCN1C(=O)[C@@H](CC(=O)Nc2cccc(OC)c2)SC1=NS(=O)(=O)c1ccccc1. The van der Waals surface area contributed by atoms with Crippen molar-refractivity contribution in [2.24, 2.45) is 4.40 Å². The topological polar surface area (TPSA) is 105 Å². The van der Waals surface area contributed by atoms with Crippen molar-refractivity contribution in [2.75, 3.05) is 19.0 Å². The summed E-state index contributed by atoms with van der Waals surface area (Å²) < 4.78 is 34.1. The highest BCUT2D eigenvalue weighted by atomic mass is 32.2. The zero-order chi connectivity index (χ0) is 21.7. The van der Waals surface area contributed by atoms with Crippen molar-refractivity contribution in [2.45, 2.75) is 23.5 Å². The van der Waals surface area contributed by atoms with E-state index >= 15 is 0 Å². The molecular weight excluding hydrogens is 426 g/mol. The minimum absolute atomic E-state index is 0.0424. The molecule has 2 aromatic rings. The van der Waals surface area contributed by atoms with Gasteiger partial charge in [-0.15, -0.1) is 4.40 Å². The second-order valence-electron chi connectivity index (χ2n) is 6.34. The van der Waals surface area contributed by atoms with Gasteiger partial charge in [-0.2, -0.15) is 8.42 Å². The van der Waals surface area contributed by atoms with Gasteiger partial charge in [0, 0.05) is 24.7 Å². The van der Waals surface area contributed by atoms with Crippen LogP contribution in [0.5, 0.6) is 5.75 Å². The van der Waals surface area contributed by atoms with E-state index in [4.69, 9.17) is 4.74 Å². The summed E-state index contributed by atoms with van der Waals surface area (Å²) >= 11 is 0.981. The minimum atomic E-state index is -3.96. The highest BCUT2D eigenvalue weighted by Gasteiger charge is 2.39. The lowest BCUT2D eigenvalue weighted by atomic mass is 10.2. The van der Waals surface area contributed by atoms with Crippen molar-refractivity contribution in [3.63, 3.8) is 0 Å². The number of hydrogen-bond acceptors (Lipinski definition) is 6.